The summed E-state index contributed by atoms with van der Waals surface area (Å²) in [5, 5.41) is 22.9. The van der Waals surface area contributed by atoms with Gasteiger partial charge in [-0.25, -0.2) is 4.79 Å². The lowest BCUT2D eigenvalue weighted by molar-refractivity contribution is -0.205. The Morgan fingerprint density at radius 3 is 2.71 bits per heavy atom. The first-order valence-electron chi connectivity index (χ1n) is 13.2. The maximum Gasteiger partial charge on any atom is 0.335 e. The third-order valence-corrected chi connectivity index (χ3v) is 9.13. The second kappa shape index (κ2) is 6.18. The van der Waals surface area contributed by atoms with E-state index in [1.165, 1.54) is 12.3 Å². The highest BCUT2D eigenvalue weighted by atomic mass is 16.4. The van der Waals surface area contributed by atoms with E-state index in [2.05, 4.69) is 6.92 Å². The Morgan fingerprint density at radius 2 is 1.96 bits per heavy atom. The maximum atomic E-state index is 12.3. The van der Waals surface area contributed by atoms with Crippen LogP contribution in [-0.4, -0.2) is 21.9 Å². The van der Waals surface area contributed by atoms with Crippen LogP contribution in [-0.2, 0) is 0 Å². The first-order chi connectivity index (χ1) is 15.1. The third-order valence-electron chi connectivity index (χ3n) is 9.13. The molecule has 0 amide bonds. The van der Waals surface area contributed by atoms with Crippen LogP contribution in [0.5, 0.6) is 0 Å². The van der Waals surface area contributed by atoms with Gasteiger partial charge in [-0.2, -0.15) is 0 Å². The Kier molecular flexibility index (Phi) is 3.09. The molecule has 1 aromatic heterocycles. The molecule has 0 aliphatic heterocycles. The van der Waals surface area contributed by atoms with Gasteiger partial charge in [-0.1, -0.05) is 13.8 Å². The maximum absolute atomic E-state index is 12.3. The largest absolute Gasteiger partial charge is 0.431 e. The molecular formula is C24H34O4. The molecule has 4 aliphatic rings. The van der Waals surface area contributed by atoms with Crippen molar-refractivity contribution < 1.29 is 21.5 Å². The van der Waals surface area contributed by atoms with E-state index in [1.807, 2.05) is 6.92 Å². The molecular weight excluding hydrogens is 352 g/mol. The Balaban J connectivity index is 1.53. The Labute approximate surface area is 174 Å². The molecule has 1 aromatic rings. The summed E-state index contributed by atoms with van der Waals surface area (Å²) in [4.78, 5) is 11.5. The molecule has 4 saturated carbocycles. The summed E-state index contributed by atoms with van der Waals surface area (Å²) in [5.41, 5.74) is -1.67. The lowest BCUT2D eigenvalue weighted by Crippen LogP contribution is -2.62. The van der Waals surface area contributed by atoms with Crippen LogP contribution < -0.4 is 5.63 Å². The molecule has 4 nitrogen and oxygen atoms in total. The van der Waals surface area contributed by atoms with Crippen LogP contribution in [0.2, 0.25) is 0 Å². The molecule has 2 N–H and O–H groups in total. The van der Waals surface area contributed by atoms with Crippen molar-refractivity contribution in [3.63, 3.8) is 0 Å². The van der Waals surface area contributed by atoms with Crippen LogP contribution in [0.1, 0.15) is 89.9 Å². The number of fused-ring (bicyclic) bond motifs is 5. The van der Waals surface area contributed by atoms with E-state index in [1.54, 1.807) is 6.07 Å². The molecule has 0 bridgehead atoms. The SMILES string of the molecule is [2H]C1([2H])C[C@@]2(C)C(CC[C@@H]3[C@@H]2CC[C@]2(C)[C@@H](c4ccc(=O)oc4)CC[C@]32O)C([2H])([2H])[C@@]1([2H])O. The van der Waals surface area contributed by atoms with Crippen LogP contribution in [0.4, 0.5) is 0 Å². The van der Waals surface area contributed by atoms with E-state index in [0.717, 1.165) is 18.4 Å². The van der Waals surface area contributed by atoms with Crippen molar-refractivity contribution in [2.45, 2.75) is 89.1 Å². The predicted octanol–water partition coefficient (Wildman–Crippen LogP) is 4.24. The van der Waals surface area contributed by atoms with E-state index < -0.39 is 46.8 Å². The molecule has 1 unspecified atom stereocenters. The highest BCUT2D eigenvalue weighted by Gasteiger charge is 2.67. The first kappa shape index (κ1) is 14.0. The Bertz CT molecular complexity index is 1000. The van der Waals surface area contributed by atoms with Gasteiger partial charge >= 0.3 is 5.63 Å². The molecule has 4 fully saturated rings. The molecule has 28 heavy (non-hydrogen) atoms. The zero-order valence-electron chi connectivity index (χ0n) is 21.7. The van der Waals surface area contributed by atoms with Crippen molar-refractivity contribution in [1.29, 1.82) is 0 Å². The molecule has 0 spiro atoms. The van der Waals surface area contributed by atoms with Crippen LogP contribution in [0.15, 0.2) is 27.6 Å². The summed E-state index contributed by atoms with van der Waals surface area (Å²) in [7, 11) is 0. The zero-order valence-corrected chi connectivity index (χ0v) is 16.7. The zero-order chi connectivity index (χ0) is 24.2. The summed E-state index contributed by atoms with van der Waals surface area (Å²) in [6.07, 6.45) is -2.40. The lowest BCUT2D eigenvalue weighted by atomic mass is 9.43. The molecule has 5 rings (SSSR count). The van der Waals surface area contributed by atoms with Gasteiger partial charge in [0.2, 0.25) is 0 Å². The minimum atomic E-state index is -2.81. The molecule has 1 heterocycles. The monoisotopic (exact) mass is 391 g/mol. The normalized spacial score (nSPS) is 59.4. The number of rotatable bonds is 1. The predicted molar refractivity (Wildman–Crippen MR) is 107 cm³/mol. The third kappa shape index (κ3) is 2.40. The fraction of sp³-hybridized carbons (Fsp3) is 0.792. The van der Waals surface area contributed by atoms with E-state index >= 15 is 0 Å². The van der Waals surface area contributed by atoms with Gasteiger partial charge in [-0.15, -0.1) is 0 Å². The van der Waals surface area contributed by atoms with E-state index in [4.69, 9.17) is 11.3 Å². The van der Waals surface area contributed by atoms with Crippen LogP contribution in [0.3, 0.4) is 0 Å². The minimum Gasteiger partial charge on any atom is -0.431 e. The standard InChI is InChI=1S/C24H34O4/c1-22-10-7-17(25)13-16(22)4-5-20-19(22)8-11-23(2)18(9-12-24(20,23)27)15-3-6-21(26)28-14-15/h3,6,14,16-20,25,27H,4-5,7-13H2,1-2H3/t16?,17-,18+,19-,20+,22-,23+,24-/m0/s1/i7D2,13D2,17D. The minimum absolute atomic E-state index is 0.0425. The number of hydrogen-bond donors (Lipinski definition) is 2. The van der Waals surface area contributed by atoms with Crippen molar-refractivity contribution in [2.75, 3.05) is 0 Å². The summed E-state index contributed by atoms with van der Waals surface area (Å²) >= 11 is 0. The van der Waals surface area contributed by atoms with E-state index in [9.17, 15) is 15.0 Å². The Morgan fingerprint density at radius 1 is 1.14 bits per heavy atom. The van der Waals surface area contributed by atoms with E-state index in [-0.39, 0.29) is 24.2 Å². The van der Waals surface area contributed by atoms with E-state index in [0.29, 0.717) is 25.7 Å². The molecule has 0 saturated heterocycles. The van der Waals surface area contributed by atoms with Crippen molar-refractivity contribution >= 4 is 0 Å². The summed E-state index contributed by atoms with van der Waals surface area (Å²) < 4.78 is 47.5. The summed E-state index contributed by atoms with van der Waals surface area (Å²) in [6.45, 7) is 4.03. The van der Waals surface area contributed by atoms with Gasteiger partial charge in [-0.05, 0) is 98.4 Å². The highest BCUT2D eigenvalue weighted by molar-refractivity contribution is 5.27. The van der Waals surface area contributed by atoms with Crippen molar-refractivity contribution in [2.24, 2.45) is 28.6 Å². The molecule has 8 atom stereocenters. The second-order valence-electron chi connectivity index (χ2n) is 10.1. The van der Waals surface area contributed by atoms with Gasteiger partial charge < -0.3 is 14.6 Å². The van der Waals surface area contributed by atoms with Gasteiger partial charge in [0, 0.05) is 17.0 Å². The number of aliphatic hydroxyl groups is 2. The average Bonchev–Trinajstić information content (AvgIpc) is 2.99. The van der Waals surface area contributed by atoms with Gasteiger partial charge in [0.15, 0.2) is 0 Å². The average molecular weight is 392 g/mol. The molecule has 4 aliphatic carbocycles. The van der Waals surface area contributed by atoms with Crippen molar-refractivity contribution in [3.8, 4) is 0 Å². The van der Waals surface area contributed by atoms with Crippen molar-refractivity contribution in [1.82, 2.24) is 0 Å². The first-order valence-corrected chi connectivity index (χ1v) is 10.7. The van der Waals surface area contributed by atoms with Gasteiger partial charge in [0.1, 0.15) is 0 Å². The fourth-order valence-corrected chi connectivity index (χ4v) is 7.51. The summed E-state index contributed by atoms with van der Waals surface area (Å²) in [5.74, 6) is -0.809. The topological polar surface area (TPSA) is 70.7 Å². The van der Waals surface area contributed by atoms with Crippen molar-refractivity contribution in [3.05, 3.63) is 34.4 Å². The molecule has 0 radical (unpaired) electrons. The lowest BCUT2D eigenvalue weighted by Gasteiger charge is -2.63. The fourth-order valence-electron chi connectivity index (χ4n) is 7.51. The molecule has 0 aromatic carbocycles. The van der Waals surface area contributed by atoms with Gasteiger partial charge in [0.25, 0.3) is 0 Å². The smallest absolute Gasteiger partial charge is 0.335 e. The highest BCUT2D eigenvalue weighted by Crippen LogP contribution is 2.70. The van der Waals surface area contributed by atoms with Crippen LogP contribution in [0, 0.1) is 28.6 Å². The molecule has 4 heteroatoms. The van der Waals surface area contributed by atoms with Crippen LogP contribution >= 0.6 is 0 Å². The number of hydrogen-bond acceptors (Lipinski definition) is 4. The van der Waals surface area contributed by atoms with Gasteiger partial charge in [0.05, 0.1) is 19.3 Å². The second-order valence-corrected chi connectivity index (χ2v) is 10.1. The summed E-state index contributed by atoms with van der Waals surface area (Å²) in [6, 6.07) is 3.21. The quantitative estimate of drug-likeness (QED) is 0.751. The molecule has 154 valence electrons. The van der Waals surface area contributed by atoms with Crippen LogP contribution in [0.25, 0.3) is 0 Å². The Hall–Kier alpha value is -1.13. The van der Waals surface area contributed by atoms with Gasteiger partial charge in [-0.3, -0.25) is 0 Å².